The number of carbonyl (C=O) groups excluding carboxylic acids is 1. The first kappa shape index (κ1) is 17.7. The Morgan fingerprint density at radius 3 is 2.38 bits per heavy atom. The summed E-state index contributed by atoms with van der Waals surface area (Å²) in [5.41, 5.74) is 3.84. The molecule has 0 amide bonds. The van der Waals surface area contributed by atoms with E-state index in [1.54, 1.807) is 0 Å². The van der Waals surface area contributed by atoms with Gasteiger partial charge in [-0.15, -0.1) is 0 Å². The first-order chi connectivity index (χ1) is 11.6. The highest BCUT2D eigenvalue weighted by Crippen LogP contribution is 2.25. The minimum atomic E-state index is -0.135. The SMILES string of the molecule is COC(=O)[C@@H](CCc1ccc(-c2ccccc2C#N)cc1)C(C)C. The van der Waals surface area contributed by atoms with Gasteiger partial charge in [0.15, 0.2) is 0 Å². The molecule has 124 valence electrons. The summed E-state index contributed by atoms with van der Waals surface area (Å²) in [5, 5.41) is 9.21. The molecule has 0 fully saturated rings. The maximum absolute atomic E-state index is 11.8. The first-order valence-electron chi connectivity index (χ1n) is 8.23. The van der Waals surface area contributed by atoms with Gasteiger partial charge in [-0.3, -0.25) is 4.79 Å². The fourth-order valence-electron chi connectivity index (χ4n) is 2.88. The highest BCUT2D eigenvalue weighted by atomic mass is 16.5. The maximum atomic E-state index is 11.8. The number of hydrogen-bond acceptors (Lipinski definition) is 3. The van der Waals surface area contributed by atoms with Gasteiger partial charge >= 0.3 is 5.97 Å². The van der Waals surface area contributed by atoms with E-state index < -0.39 is 0 Å². The second-order valence-electron chi connectivity index (χ2n) is 6.27. The van der Waals surface area contributed by atoms with Gasteiger partial charge < -0.3 is 4.74 Å². The number of nitrogens with zero attached hydrogens (tertiary/aromatic N) is 1. The smallest absolute Gasteiger partial charge is 0.308 e. The van der Waals surface area contributed by atoms with Gasteiger partial charge in [-0.05, 0) is 41.5 Å². The Morgan fingerprint density at radius 2 is 1.79 bits per heavy atom. The molecule has 1 atom stereocenters. The highest BCUT2D eigenvalue weighted by Gasteiger charge is 2.22. The lowest BCUT2D eigenvalue weighted by atomic mass is 9.89. The molecule has 24 heavy (non-hydrogen) atoms. The lowest BCUT2D eigenvalue weighted by molar-refractivity contribution is -0.147. The van der Waals surface area contributed by atoms with Crippen molar-refractivity contribution in [1.82, 2.24) is 0 Å². The molecule has 2 aromatic rings. The standard InChI is InChI=1S/C21H23NO2/c1-15(2)19(21(23)24-3)13-10-16-8-11-17(12-9-16)20-7-5-4-6-18(20)14-22/h4-9,11-12,15,19H,10,13H2,1-3H3/t19-/m0/s1. The van der Waals surface area contributed by atoms with Gasteiger partial charge in [0.2, 0.25) is 0 Å². The number of carbonyl (C=O) groups is 1. The highest BCUT2D eigenvalue weighted by molar-refractivity contribution is 5.72. The lowest BCUT2D eigenvalue weighted by Gasteiger charge is -2.18. The minimum Gasteiger partial charge on any atom is -0.469 e. The van der Waals surface area contributed by atoms with Crippen LogP contribution in [0.4, 0.5) is 0 Å². The van der Waals surface area contributed by atoms with E-state index in [9.17, 15) is 10.1 Å². The molecule has 0 N–H and O–H groups in total. The molecule has 0 unspecified atom stereocenters. The number of rotatable bonds is 6. The summed E-state index contributed by atoms with van der Waals surface area (Å²) >= 11 is 0. The average Bonchev–Trinajstić information content (AvgIpc) is 2.61. The van der Waals surface area contributed by atoms with Crippen LogP contribution in [0.15, 0.2) is 48.5 Å². The monoisotopic (exact) mass is 321 g/mol. The van der Waals surface area contributed by atoms with Crippen LogP contribution in [0.3, 0.4) is 0 Å². The van der Waals surface area contributed by atoms with E-state index in [2.05, 4.69) is 18.2 Å². The topological polar surface area (TPSA) is 50.1 Å². The third-order valence-corrected chi connectivity index (χ3v) is 4.37. The number of hydrogen-bond donors (Lipinski definition) is 0. The van der Waals surface area contributed by atoms with Crippen LogP contribution in [-0.2, 0) is 16.0 Å². The predicted octanol–water partition coefficient (Wildman–Crippen LogP) is 4.60. The van der Waals surface area contributed by atoms with Crippen LogP contribution < -0.4 is 0 Å². The van der Waals surface area contributed by atoms with Crippen molar-refractivity contribution >= 4 is 5.97 Å². The van der Waals surface area contributed by atoms with E-state index in [-0.39, 0.29) is 17.8 Å². The molecule has 0 spiro atoms. The van der Waals surface area contributed by atoms with Gasteiger partial charge in [-0.2, -0.15) is 5.26 Å². The van der Waals surface area contributed by atoms with Crippen LogP contribution in [0.1, 0.15) is 31.4 Å². The summed E-state index contributed by atoms with van der Waals surface area (Å²) in [6.45, 7) is 4.09. The maximum Gasteiger partial charge on any atom is 0.308 e. The summed E-state index contributed by atoms with van der Waals surface area (Å²) in [6.07, 6.45) is 1.61. The van der Waals surface area contributed by atoms with Crippen LogP contribution in [-0.4, -0.2) is 13.1 Å². The van der Waals surface area contributed by atoms with E-state index >= 15 is 0 Å². The van der Waals surface area contributed by atoms with Crippen molar-refractivity contribution in [2.24, 2.45) is 11.8 Å². The first-order valence-corrected chi connectivity index (χ1v) is 8.23. The van der Waals surface area contributed by atoms with E-state index in [1.165, 1.54) is 12.7 Å². The van der Waals surface area contributed by atoms with Crippen LogP contribution in [0, 0.1) is 23.2 Å². The third-order valence-electron chi connectivity index (χ3n) is 4.37. The number of benzene rings is 2. The number of nitriles is 1. The number of aryl methyl sites for hydroxylation is 1. The third kappa shape index (κ3) is 4.23. The molecule has 0 aliphatic carbocycles. The fourth-order valence-corrected chi connectivity index (χ4v) is 2.88. The second kappa shape index (κ2) is 8.31. The summed E-state index contributed by atoms with van der Waals surface area (Å²) in [4.78, 5) is 11.8. The van der Waals surface area contributed by atoms with Crippen LogP contribution in [0.2, 0.25) is 0 Å². The summed E-state index contributed by atoms with van der Waals surface area (Å²) in [5.74, 6) is 0.0535. The Morgan fingerprint density at radius 1 is 1.12 bits per heavy atom. The molecular weight excluding hydrogens is 298 g/mol. The van der Waals surface area contributed by atoms with Crippen molar-refractivity contribution in [2.45, 2.75) is 26.7 Å². The Kier molecular flexibility index (Phi) is 6.14. The van der Waals surface area contributed by atoms with Gasteiger partial charge in [0.1, 0.15) is 0 Å². The average molecular weight is 321 g/mol. The molecule has 0 heterocycles. The van der Waals surface area contributed by atoms with Gasteiger partial charge in [0.05, 0.1) is 24.7 Å². The molecular formula is C21H23NO2. The number of ether oxygens (including phenoxy) is 1. The second-order valence-corrected chi connectivity index (χ2v) is 6.27. The van der Waals surface area contributed by atoms with Crippen molar-refractivity contribution in [1.29, 1.82) is 5.26 Å². The molecule has 0 saturated heterocycles. The summed E-state index contributed by atoms with van der Waals surface area (Å²) in [7, 11) is 1.44. The Bertz CT molecular complexity index is 726. The quantitative estimate of drug-likeness (QED) is 0.730. The Labute approximate surface area is 143 Å². The minimum absolute atomic E-state index is 0.0750. The number of methoxy groups -OCH3 is 1. The molecule has 0 aliphatic heterocycles. The van der Waals surface area contributed by atoms with Gasteiger partial charge in [-0.25, -0.2) is 0 Å². The molecule has 0 bridgehead atoms. The van der Waals surface area contributed by atoms with Gasteiger partial charge in [-0.1, -0.05) is 56.3 Å². The largest absolute Gasteiger partial charge is 0.469 e. The van der Waals surface area contributed by atoms with Crippen molar-refractivity contribution in [2.75, 3.05) is 7.11 Å². The molecule has 3 nitrogen and oxygen atoms in total. The molecule has 3 heteroatoms. The fraction of sp³-hybridized carbons (Fsp3) is 0.333. The lowest BCUT2D eigenvalue weighted by Crippen LogP contribution is -2.22. The Balaban J connectivity index is 2.10. The predicted molar refractivity (Wildman–Crippen MR) is 95.3 cm³/mol. The summed E-state index contributed by atoms with van der Waals surface area (Å²) in [6, 6.07) is 18.0. The molecule has 0 saturated carbocycles. The van der Waals surface area contributed by atoms with Gasteiger partial charge in [0.25, 0.3) is 0 Å². The zero-order chi connectivity index (χ0) is 17.5. The molecule has 2 aromatic carbocycles. The summed E-state index contributed by atoms with van der Waals surface area (Å²) < 4.78 is 4.90. The number of esters is 1. The zero-order valence-corrected chi connectivity index (χ0v) is 14.5. The van der Waals surface area contributed by atoms with Crippen LogP contribution >= 0.6 is 0 Å². The van der Waals surface area contributed by atoms with Crippen molar-refractivity contribution < 1.29 is 9.53 Å². The van der Waals surface area contributed by atoms with Crippen molar-refractivity contribution in [3.05, 3.63) is 59.7 Å². The Hall–Kier alpha value is -2.60. The van der Waals surface area contributed by atoms with Crippen LogP contribution in [0.5, 0.6) is 0 Å². The van der Waals surface area contributed by atoms with E-state index in [0.29, 0.717) is 5.56 Å². The molecule has 0 aromatic heterocycles. The molecule has 0 radical (unpaired) electrons. The zero-order valence-electron chi connectivity index (χ0n) is 14.5. The van der Waals surface area contributed by atoms with Crippen LogP contribution in [0.25, 0.3) is 11.1 Å². The van der Waals surface area contributed by atoms with Crippen molar-refractivity contribution in [3.8, 4) is 17.2 Å². The molecule has 0 aliphatic rings. The van der Waals surface area contributed by atoms with E-state index in [1.807, 2.05) is 50.2 Å². The van der Waals surface area contributed by atoms with Crippen molar-refractivity contribution in [3.63, 3.8) is 0 Å². The van der Waals surface area contributed by atoms with E-state index in [0.717, 1.165) is 24.0 Å². The van der Waals surface area contributed by atoms with E-state index in [4.69, 9.17) is 4.74 Å². The normalized spacial score (nSPS) is 11.8. The molecule has 2 rings (SSSR count). The van der Waals surface area contributed by atoms with Gasteiger partial charge in [0, 0.05) is 0 Å².